The number of aryl methyl sites for hydroxylation is 1. The van der Waals surface area contributed by atoms with E-state index in [4.69, 9.17) is 0 Å². The fourth-order valence-corrected chi connectivity index (χ4v) is 3.75. The Balaban J connectivity index is 1.89. The number of nitrogens with one attached hydrogen (secondary N) is 2. The summed E-state index contributed by atoms with van der Waals surface area (Å²) in [6.07, 6.45) is 2.55. The Hall–Kier alpha value is -1.99. The third-order valence-corrected chi connectivity index (χ3v) is 5.68. The average Bonchev–Trinajstić information content (AvgIpc) is 2.57. The number of sulfonamides is 1. The van der Waals surface area contributed by atoms with Crippen molar-refractivity contribution in [1.29, 1.82) is 0 Å². The monoisotopic (exact) mass is 352 g/mol. The van der Waals surface area contributed by atoms with Crippen molar-refractivity contribution in [3.05, 3.63) is 59.2 Å². The molecule has 1 aliphatic carbocycles. The van der Waals surface area contributed by atoms with Crippen LogP contribution in [0.4, 0.5) is 14.5 Å². The smallest absolute Gasteiger partial charge is 0.240 e. The number of hydrogen-bond acceptors (Lipinski definition) is 3. The number of rotatable bonds is 4. The van der Waals surface area contributed by atoms with Gasteiger partial charge < -0.3 is 5.32 Å². The van der Waals surface area contributed by atoms with Crippen LogP contribution < -0.4 is 10.0 Å². The van der Waals surface area contributed by atoms with E-state index in [1.54, 1.807) is 6.07 Å². The molecule has 0 fully saturated rings. The summed E-state index contributed by atoms with van der Waals surface area (Å²) in [5.74, 6) is -0.978. The van der Waals surface area contributed by atoms with E-state index >= 15 is 0 Å². The highest BCUT2D eigenvalue weighted by atomic mass is 32.2. The van der Waals surface area contributed by atoms with E-state index < -0.39 is 15.8 Å². The van der Waals surface area contributed by atoms with Gasteiger partial charge in [-0.05, 0) is 67.8 Å². The molecule has 2 aromatic carbocycles. The molecule has 0 saturated heterocycles. The topological polar surface area (TPSA) is 58.2 Å². The molecule has 0 heterocycles. The second-order valence-electron chi connectivity index (χ2n) is 5.78. The van der Waals surface area contributed by atoms with Gasteiger partial charge in [-0.1, -0.05) is 6.07 Å². The quantitative estimate of drug-likeness (QED) is 0.887. The van der Waals surface area contributed by atoms with Crippen LogP contribution in [0, 0.1) is 11.6 Å². The maximum absolute atomic E-state index is 14.3. The number of halogens is 2. The molecule has 0 saturated carbocycles. The van der Waals surface area contributed by atoms with Crippen molar-refractivity contribution in [2.24, 2.45) is 0 Å². The highest BCUT2D eigenvalue weighted by molar-refractivity contribution is 7.89. The Bertz CT molecular complexity index is 869. The molecule has 7 heteroatoms. The number of fused-ring (bicyclic) bond motifs is 1. The molecule has 24 heavy (non-hydrogen) atoms. The first-order valence-electron chi connectivity index (χ1n) is 7.68. The molecule has 0 aromatic heterocycles. The fraction of sp³-hybridized carbons (Fsp3) is 0.294. The molecule has 1 aliphatic rings. The van der Waals surface area contributed by atoms with Crippen molar-refractivity contribution in [1.82, 2.24) is 4.72 Å². The van der Waals surface area contributed by atoms with Crippen molar-refractivity contribution < 1.29 is 17.2 Å². The molecular formula is C17H18F2N2O2S. The lowest BCUT2D eigenvalue weighted by Gasteiger charge is -2.27. The van der Waals surface area contributed by atoms with Crippen LogP contribution in [0.5, 0.6) is 0 Å². The summed E-state index contributed by atoms with van der Waals surface area (Å²) in [7, 11) is -2.42. The minimum atomic E-state index is -3.69. The minimum absolute atomic E-state index is 0.136. The van der Waals surface area contributed by atoms with E-state index in [-0.39, 0.29) is 22.4 Å². The zero-order valence-electron chi connectivity index (χ0n) is 13.1. The predicted octanol–water partition coefficient (Wildman–Crippen LogP) is 3.36. The molecule has 0 bridgehead atoms. The van der Waals surface area contributed by atoms with E-state index in [1.165, 1.54) is 31.3 Å². The van der Waals surface area contributed by atoms with E-state index in [2.05, 4.69) is 10.0 Å². The van der Waals surface area contributed by atoms with Crippen LogP contribution in [0.15, 0.2) is 41.3 Å². The Labute approximate surface area is 139 Å². The average molecular weight is 352 g/mol. The van der Waals surface area contributed by atoms with E-state index in [1.807, 2.05) is 0 Å². The second-order valence-corrected chi connectivity index (χ2v) is 7.67. The van der Waals surface area contributed by atoms with Gasteiger partial charge in [-0.2, -0.15) is 0 Å². The highest BCUT2D eigenvalue weighted by Gasteiger charge is 2.22. The summed E-state index contributed by atoms with van der Waals surface area (Å²) in [6, 6.07) is 8.18. The molecule has 128 valence electrons. The standard InChI is InChI=1S/C17H18F2N2O2S/c1-20-24(22,23)13-7-8-17(15(19)10-13)21-16-4-2-3-11-5-6-12(18)9-14(11)16/h5-10,16,20-21H,2-4H2,1H3. The minimum Gasteiger partial charge on any atom is -0.376 e. The van der Waals surface area contributed by atoms with Gasteiger partial charge in [0, 0.05) is 0 Å². The predicted molar refractivity (Wildman–Crippen MR) is 88.3 cm³/mol. The SMILES string of the molecule is CNS(=O)(=O)c1ccc(NC2CCCc3ccc(F)cc32)c(F)c1. The second kappa shape index (κ2) is 6.49. The van der Waals surface area contributed by atoms with Gasteiger partial charge >= 0.3 is 0 Å². The summed E-state index contributed by atoms with van der Waals surface area (Å²) >= 11 is 0. The van der Waals surface area contributed by atoms with Crippen LogP contribution in [0.25, 0.3) is 0 Å². The van der Waals surface area contributed by atoms with Crippen LogP contribution >= 0.6 is 0 Å². The first-order valence-corrected chi connectivity index (χ1v) is 9.17. The third-order valence-electron chi connectivity index (χ3n) is 4.27. The zero-order chi connectivity index (χ0) is 17.3. The Morgan fingerprint density at radius 2 is 1.92 bits per heavy atom. The largest absolute Gasteiger partial charge is 0.376 e. The highest BCUT2D eigenvalue weighted by Crippen LogP contribution is 2.34. The summed E-state index contributed by atoms with van der Waals surface area (Å²) in [5.41, 5.74) is 2.08. The first-order chi connectivity index (χ1) is 11.4. The van der Waals surface area contributed by atoms with E-state index in [0.29, 0.717) is 0 Å². The van der Waals surface area contributed by atoms with Crippen LogP contribution in [0.1, 0.15) is 30.0 Å². The zero-order valence-corrected chi connectivity index (χ0v) is 14.0. The molecule has 2 aromatic rings. The molecule has 0 aliphatic heterocycles. The van der Waals surface area contributed by atoms with Gasteiger partial charge in [0.1, 0.15) is 11.6 Å². The molecule has 3 rings (SSSR count). The molecule has 4 nitrogen and oxygen atoms in total. The van der Waals surface area contributed by atoms with Gasteiger partial charge in [-0.3, -0.25) is 0 Å². The van der Waals surface area contributed by atoms with Crippen LogP contribution in [0.3, 0.4) is 0 Å². The normalized spacial score (nSPS) is 17.4. The molecule has 1 atom stereocenters. The van der Waals surface area contributed by atoms with Crippen molar-refractivity contribution in [3.8, 4) is 0 Å². The number of anilines is 1. The molecule has 1 unspecified atom stereocenters. The lowest BCUT2D eigenvalue weighted by atomic mass is 9.87. The van der Waals surface area contributed by atoms with Crippen molar-refractivity contribution in [3.63, 3.8) is 0 Å². The van der Waals surface area contributed by atoms with Crippen LogP contribution in [-0.4, -0.2) is 15.5 Å². The van der Waals surface area contributed by atoms with E-state index in [0.717, 1.165) is 36.5 Å². The summed E-state index contributed by atoms with van der Waals surface area (Å²) in [5, 5.41) is 3.07. The molecule has 0 amide bonds. The molecule has 0 spiro atoms. The van der Waals surface area contributed by atoms with Gasteiger partial charge in [0.25, 0.3) is 0 Å². The third kappa shape index (κ3) is 3.27. The maximum Gasteiger partial charge on any atom is 0.240 e. The molecule has 2 N–H and O–H groups in total. The van der Waals surface area contributed by atoms with E-state index in [9.17, 15) is 17.2 Å². The van der Waals surface area contributed by atoms with Gasteiger partial charge in [0.05, 0.1) is 16.6 Å². The summed E-state index contributed by atoms with van der Waals surface area (Å²) in [6.45, 7) is 0. The molecule has 0 radical (unpaired) electrons. The number of benzene rings is 2. The summed E-state index contributed by atoms with van der Waals surface area (Å²) < 4.78 is 53.4. The Kier molecular flexibility index (Phi) is 4.56. The van der Waals surface area contributed by atoms with Gasteiger partial charge in [-0.25, -0.2) is 21.9 Å². The van der Waals surface area contributed by atoms with Crippen molar-refractivity contribution in [2.75, 3.05) is 12.4 Å². The van der Waals surface area contributed by atoms with Crippen LogP contribution in [-0.2, 0) is 16.4 Å². The maximum atomic E-state index is 14.3. The lowest BCUT2D eigenvalue weighted by Crippen LogP contribution is -2.20. The number of hydrogen-bond donors (Lipinski definition) is 2. The Morgan fingerprint density at radius 1 is 1.12 bits per heavy atom. The van der Waals surface area contributed by atoms with Crippen LogP contribution in [0.2, 0.25) is 0 Å². The van der Waals surface area contributed by atoms with Crippen molar-refractivity contribution in [2.45, 2.75) is 30.2 Å². The first kappa shape index (κ1) is 16.9. The van der Waals surface area contributed by atoms with Crippen molar-refractivity contribution >= 4 is 15.7 Å². The Morgan fingerprint density at radius 3 is 2.62 bits per heavy atom. The summed E-state index contributed by atoms with van der Waals surface area (Å²) in [4.78, 5) is -0.136. The fourth-order valence-electron chi connectivity index (χ4n) is 3.01. The van der Waals surface area contributed by atoms with Gasteiger partial charge in [-0.15, -0.1) is 0 Å². The van der Waals surface area contributed by atoms with Gasteiger partial charge in [0.2, 0.25) is 10.0 Å². The van der Waals surface area contributed by atoms with Gasteiger partial charge in [0.15, 0.2) is 0 Å². The lowest BCUT2D eigenvalue weighted by molar-refractivity contribution is 0.570. The molecular weight excluding hydrogens is 334 g/mol.